The molecular formula is C16H16N2. The van der Waals surface area contributed by atoms with Crippen LogP contribution in [0.4, 0.5) is 5.69 Å². The molecule has 0 aliphatic carbocycles. The number of hydrazone groups is 1. The van der Waals surface area contributed by atoms with E-state index in [1.807, 2.05) is 78.9 Å². The largest absolute Gasteiger partial charge is 0.269 e. The molecule has 0 fully saturated rings. The number of benzene rings is 2. The minimum Gasteiger partial charge on any atom is -0.269 e. The molecule has 0 aliphatic heterocycles. The Kier molecular flexibility index (Phi) is 3.92. The van der Waals surface area contributed by atoms with E-state index in [4.69, 9.17) is 0 Å². The molecule has 0 saturated heterocycles. The van der Waals surface area contributed by atoms with E-state index in [1.165, 1.54) is 0 Å². The van der Waals surface area contributed by atoms with Crippen LogP contribution < -0.4 is 5.01 Å². The van der Waals surface area contributed by atoms with Crippen LogP contribution >= 0.6 is 0 Å². The average Bonchev–Trinajstić information content (AvgIpc) is 2.46. The Bertz CT molecular complexity index is 527. The second kappa shape index (κ2) is 5.82. The molecule has 0 atom stereocenters. The van der Waals surface area contributed by atoms with Crippen molar-refractivity contribution in [2.24, 2.45) is 5.10 Å². The van der Waals surface area contributed by atoms with Gasteiger partial charge < -0.3 is 0 Å². The zero-order chi connectivity index (χ0) is 12.8. The summed E-state index contributed by atoms with van der Waals surface area (Å²) in [5.74, 6) is 0. The van der Waals surface area contributed by atoms with Crippen molar-refractivity contribution in [3.05, 3.63) is 72.3 Å². The van der Waals surface area contributed by atoms with Gasteiger partial charge in [0.2, 0.25) is 0 Å². The lowest BCUT2D eigenvalue weighted by molar-refractivity contribution is 1.02. The molecule has 2 nitrogen and oxygen atoms in total. The Labute approximate surface area is 108 Å². The first-order valence-corrected chi connectivity index (χ1v) is 5.85. The summed E-state index contributed by atoms with van der Waals surface area (Å²) in [7, 11) is 1.93. The van der Waals surface area contributed by atoms with Gasteiger partial charge in [0.1, 0.15) is 0 Å². The highest BCUT2D eigenvalue weighted by Crippen LogP contribution is 2.11. The van der Waals surface area contributed by atoms with E-state index in [0.29, 0.717) is 0 Å². The molecule has 0 unspecified atom stereocenters. The molecular weight excluding hydrogens is 220 g/mol. The fourth-order valence-corrected chi connectivity index (χ4v) is 1.58. The highest BCUT2D eigenvalue weighted by Gasteiger charge is 1.95. The van der Waals surface area contributed by atoms with E-state index < -0.39 is 0 Å². The summed E-state index contributed by atoms with van der Waals surface area (Å²) >= 11 is 0. The van der Waals surface area contributed by atoms with Crippen molar-refractivity contribution in [2.75, 3.05) is 12.1 Å². The Morgan fingerprint density at radius 2 is 1.56 bits per heavy atom. The van der Waals surface area contributed by atoms with Crippen LogP contribution in [0.15, 0.2) is 66.3 Å². The number of hydrogen-bond donors (Lipinski definition) is 0. The number of nitrogens with zero attached hydrogens (tertiary/aromatic N) is 2. The monoisotopic (exact) mass is 236 g/mol. The van der Waals surface area contributed by atoms with Crippen molar-refractivity contribution in [3.8, 4) is 0 Å². The van der Waals surface area contributed by atoms with E-state index in [9.17, 15) is 0 Å². The lowest BCUT2D eigenvalue weighted by atomic mass is 10.1. The Morgan fingerprint density at radius 1 is 0.944 bits per heavy atom. The van der Waals surface area contributed by atoms with Gasteiger partial charge in [0.05, 0.1) is 11.9 Å². The smallest absolute Gasteiger partial charge is 0.0590 e. The predicted molar refractivity (Wildman–Crippen MR) is 79.0 cm³/mol. The molecule has 0 bridgehead atoms. The fourth-order valence-electron chi connectivity index (χ4n) is 1.58. The van der Waals surface area contributed by atoms with Crippen molar-refractivity contribution in [1.82, 2.24) is 0 Å². The molecule has 0 heterocycles. The minimum atomic E-state index is 1.07. The van der Waals surface area contributed by atoms with Crippen molar-refractivity contribution in [2.45, 2.75) is 0 Å². The van der Waals surface area contributed by atoms with Crippen LogP contribution in [0.1, 0.15) is 11.1 Å². The van der Waals surface area contributed by atoms with E-state index in [-0.39, 0.29) is 0 Å². The highest BCUT2D eigenvalue weighted by atomic mass is 15.4. The molecule has 0 N–H and O–H groups in total. The van der Waals surface area contributed by atoms with Gasteiger partial charge >= 0.3 is 0 Å². The molecule has 2 rings (SSSR count). The number of hydrogen-bond acceptors (Lipinski definition) is 2. The molecule has 18 heavy (non-hydrogen) atoms. The Morgan fingerprint density at radius 3 is 2.17 bits per heavy atom. The molecule has 0 aliphatic rings. The first-order chi connectivity index (χ1) is 8.79. The fraction of sp³-hybridized carbons (Fsp3) is 0.0625. The van der Waals surface area contributed by atoms with Crippen molar-refractivity contribution < 1.29 is 0 Å². The summed E-state index contributed by atoms with van der Waals surface area (Å²) in [5.41, 5.74) is 3.25. The lowest BCUT2D eigenvalue weighted by Gasteiger charge is -2.12. The summed E-state index contributed by atoms with van der Waals surface area (Å²) in [5, 5.41) is 6.25. The molecule has 0 spiro atoms. The van der Waals surface area contributed by atoms with Crippen LogP contribution in [0.25, 0.3) is 6.08 Å². The van der Waals surface area contributed by atoms with Gasteiger partial charge in [0.25, 0.3) is 0 Å². The van der Waals surface area contributed by atoms with Crippen LogP contribution in [0.3, 0.4) is 0 Å². The van der Waals surface area contributed by atoms with Crippen LogP contribution in [0.2, 0.25) is 0 Å². The molecule has 0 radical (unpaired) electrons. The average molecular weight is 236 g/mol. The third-order valence-electron chi connectivity index (χ3n) is 2.68. The second-order valence-corrected chi connectivity index (χ2v) is 3.97. The third kappa shape index (κ3) is 3.08. The molecule has 90 valence electrons. The zero-order valence-electron chi connectivity index (χ0n) is 10.5. The maximum Gasteiger partial charge on any atom is 0.0590 e. The molecule has 0 amide bonds. The van der Waals surface area contributed by atoms with Crippen molar-refractivity contribution >= 4 is 18.0 Å². The molecule has 0 aromatic heterocycles. The third-order valence-corrected chi connectivity index (χ3v) is 2.68. The standard InChI is InChI=1S/C16H16N2/c1-3-14-9-11-15(12-10-14)13-17-18(2)16-7-5-4-6-8-16/h3-13H,1H2,2H3. The Hall–Kier alpha value is -2.35. The first kappa shape index (κ1) is 12.1. The molecule has 0 saturated carbocycles. The Balaban J connectivity index is 2.08. The normalized spacial score (nSPS) is 10.5. The molecule has 2 aromatic carbocycles. The van der Waals surface area contributed by atoms with Crippen molar-refractivity contribution in [1.29, 1.82) is 0 Å². The van der Waals surface area contributed by atoms with Crippen LogP contribution in [-0.4, -0.2) is 13.3 Å². The summed E-state index contributed by atoms with van der Waals surface area (Å²) in [6.07, 6.45) is 3.68. The van der Waals surface area contributed by atoms with Gasteiger partial charge in [-0.25, -0.2) is 0 Å². The minimum absolute atomic E-state index is 1.07. The highest BCUT2D eigenvalue weighted by molar-refractivity contribution is 5.80. The first-order valence-electron chi connectivity index (χ1n) is 5.85. The summed E-state index contributed by atoms with van der Waals surface area (Å²) < 4.78 is 0. The SMILES string of the molecule is C=Cc1ccc(C=NN(C)c2ccccc2)cc1. The van der Waals surface area contributed by atoms with Gasteiger partial charge in [-0.2, -0.15) is 5.10 Å². The van der Waals surface area contributed by atoms with E-state index in [0.717, 1.165) is 16.8 Å². The van der Waals surface area contributed by atoms with Gasteiger partial charge in [-0.05, 0) is 23.3 Å². The van der Waals surface area contributed by atoms with Crippen LogP contribution in [-0.2, 0) is 0 Å². The predicted octanol–water partition coefficient (Wildman–Crippen LogP) is 3.80. The van der Waals surface area contributed by atoms with Crippen LogP contribution in [0.5, 0.6) is 0 Å². The van der Waals surface area contributed by atoms with E-state index >= 15 is 0 Å². The van der Waals surface area contributed by atoms with E-state index in [1.54, 1.807) is 0 Å². The summed E-state index contributed by atoms with van der Waals surface area (Å²) in [4.78, 5) is 0. The second-order valence-electron chi connectivity index (χ2n) is 3.97. The number of rotatable bonds is 4. The summed E-state index contributed by atoms with van der Waals surface area (Å²) in [6, 6.07) is 18.2. The topological polar surface area (TPSA) is 15.6 Å². The molecule has 2 heteroatoms. The number of para-hydroxylation sites is 1. The quantitative estimate of drug-likeness (QED) is 0.582. The summed E-state index contributed by atoms with van der Waals surface area (Å²) in [6.45, 7) is 3.73. The van der Waals surface area contributed by atoms with Crippen LogP contribution in [0, 0.1) is 0 Å². The van der Waals surface area contributed by atoms with Gasteiger partial charge in [-0.15, -0.1) is 0 Å². The van der Waals surface area contributed by atoms with E-state index in [2.05, 4.69) is 11.7 Å². The van der Waals surface area contributed by atoms with Gasteiger partial charge in [-0.1, -0.05) is 55.1 Å². The van der Waals surface area contributed by atoms with Crippen molar-refractivity contribution in [3.63, 3.8) is 0 Å². The van der Waals surface area contributed by atoms with Gasteiger partial charge in [0, 0.05) is 7.05 Å². The zero-order valence-corrected chi connectivity index (χ0v) is 10.5. The van der Waals surface area contributed by atoms with Gasteiger partial charge in [0.15, 0.2) is 0 Å². The van der Waals surface area contributed by atoms with Gasteiger partial charge in [-0.3, -0.25) is 5.01 Å². The number of anilines is 1. The molecule has 2 aromatic rings. The lowest BCUT2D eigenvalue weighted by Crippen LogP contribution is -2.08. The maximum atomic E-state index is 4.40. The maximum absolute atomic E-state index is 4.40.